The van der Waals surface area contributed by atoms with E-state index in [0.29, 0.717) is 30.8 Å². The first-order valence-corrected chi connectivity index (χ1v) is 11.4. The fourth-order valence-corrected chi connectivity index (χ4v) is 7.52. The Bertz CT molecular complexity index is 810. The maximum absolute atomic E-state index is 12.9. The second-order valence-corrected chi connectivity index (χ2v) is 10.1. The first-order valence-electron chi connectivity index (χ1n) is 11.4. The Morgan fingerprint density at radius 1 is 1.23 bits per heavy atom. The van der Waals surface area contributed by atoms with Crippen molar-refractivity contribution in [2.75, 3.05) is 13.7 Å². The van der Waals surface area contributed by atoms with Gasteiger partial charge in [0.15, 0.2) is 5.78 Å². The van der Waals surface area contributed by atoms with Gasteiger partial charge in [-0.05, 0) is 67.9 Å². The van der Waals surface area contributed by atoms with Gasteiger partial charge in [-0.15, -0.1) is 0 Å². The van der Waals surface area contributed by atoms with Crippen LogP contribution in [0, 0.1) is 40.4 Å². The fraction of sp³-hybridized carbons (Fsp3) is 0.720. The maximum Gasteiger partial charge on any atom is 0.309 e. The Morgan fingerprint density at radius 2 is 2.00 bits per heavy atom. The highest BCUT2D eigenvalue weighted by molar-refractivity contribution is 6.01. The third kappa shape index (κ3) is 3.07. The first-order chi connectivity index (χ1) is 14.3. The van der Waals surface area contributed by atoms with Crippen LogP contribution >= 0.6 is 0 Å². The minimum Gasteiger partial charge on any atom is -0.469 e. The lowest BCUT2D eigenvalue weighted by Crippen LogP contribution is -2.53. The highest BCUT2D eigenvalue weighted by atomic mass is 16.5. The molecule has 0 radical (unpaired) electrons. The third-order valence-electron chi connectivity index (χ3n) is 8.87. The van der Waals surface area contributed by atoms with Crippen molar-refractivity contribution in [3.05, 3.63) is 23.8 Å². The average molecular weight is 415 g/mol. The second kappa shape index (κ2) is 7.65. The van der Waals surface area contributed by atoms with Crippen molar-refractivity contribution in [1.29, 1.82) is 0 Å². The molecule has 4 aliphatic carbocycles. The molecule has 3 saturated carbocycles. The number of fused-ring (bicyclic) bond motifs is 5. The second-order valence-electron chi connectivity index (χ2n) is 10.1. The molecule has 164 valence electrons. The minimum atomic E-state index is -0.343. The topological polar surface area (TPSA) is 69.7 Å². The van der Waals surface area contributed by atoms with Crippen molar-refractivity contribution in [2.24, 2.45) is 40.4 Å². The number of hydrogen-bond donors (Lipinski definition) is 0. The smallest absolute Gasteiger partial charge is 0.309 e. The number of allylic oxidation sites excluding steroid dienone is 4. The summed E-state index contributed by atoms with van der Waals surface area (Å²) in [5, 5.41) is 0. The van der Waals surface area contributed by atoms with Crippen molar-refractivity contribution in [3.8, 4) is 0 Å². The summed E-state index contributed by atoms with van der Waals surface area (Å²) in [6, 6.07) is 0. The summed E-state index contributed by atoms with van der Waals surface area (Å²) in [6.07, 6.45) is 10.8. The van der Waals surface area contributed by atoms with E-state index in [1.807, 2.05) is 6.08 Å². The average Bonchev–Trinajstić information content (AvgIpc) is 3.04. The molecule has 0 aromatic rings. The standard InChI is InChI=1S/C25H34O5/c1-5-21(27)30-14-25-11-9-19-18(20(25)12-15(2)22(25)23(28)29-4)7-6-16-13-17(26)8-10-24(16,19)3/h8,10,13,15,18-20,22H,5-7,9,11-12,14H2,1-4H3/t15-,18-,19+,20+,22?,24+,25-/m1/s1. The molecule has 0 aliphatic heterocycles. The largest absolute Gasteiger partial charge is 0.469 e. The number of carbonyl (C=O) groups is 3. The number of hydrogen-bond acceptors (Lipinski definition) is 5. The molecule has 4 rings (SSSR count). The van der Waals surface area contributed by atoms with Crippen LogP contribution in [0.5, 0.6) is 0 Å². The van der Waals surface area contributed by atoms with E-state index >= 15 is 0 Å². The van der Waals surface area contributed by atoms with Gasteiger partial charge in [-0.2, -0.15) is 0 Å². The van der Waals surface area contributed by atoms with Crippen LogP contribution in [0.2, 0.25) is 0 Å². The number of methoxy groups -OCH3 is 1. The molecule has 30 heavy (non-hydrogen) atoms. The van der Waals surface area contributed by atoms with E-state index < -0.39 is 0 Å². The Labute approximate surface area is 179 Å². The predicted octanol–water partition coefficient (Wildman–Crippen LogP) is 4.26. The van der Waals surface area contributed by atoms with Crippen molar-refractivity contribution < 1.29 is 23.9 Å². The molecule has 0 saturated heterocycles. The Balaban J connectivity index is 1.70. The number of rotatable bonds is 4. The number of carbonyl (C=O) groups excluding carboxylic acids is 3. The van der Waals surface area contributed by atoms with Crippen molar-refractivity contribution >= 4 is 17.7 Å². The summed E-state index contributed by atoms with van der Waals surface area (Å²) in [4.78, 5) is 36.9. The first kappa shape index (κ1) is 21.3. The zero-order valence-electron chi connectivity index (χ0n) is 18.6. The predicted molar refractivity (Wildman–Crippen MR) is 112 cm³/mol. The van der Waals surface area contributed by atoms with Gasteiger partial charge in [0.2, 0.25) is 0 Å². The van der Waals surface area contributed by atoms with Crippen LogP contribution in [0.15, 0.2) is 23.8 Å². The number of ether oxygens (including phenoxy) is 2. The van der Waals surface area contributed by atoms with E-state index in [1.165, 1.54) is 12.7 Å². The lowest BCUT2D eigenvalue weighted by molar-refractivity contribution is -0.167. The van der Waals surface area contributed by atoms with Crippen LogP contribution in [0.4, 0.5) is 0 Å². The normalized spacial score (nSPS) is 41.9. The molecule has 5 heteroatoms. The molecular formula is C25H34O5. The van der Waals surface area contributed by atoms with Gasteiger partial charge in [0.05, 0.1) is 19.6 Å². The maximum atomic E-state index is 12.9. The summed E-state index contributed by atoms with van der Waals surface area (Å²) in [7, 11) is 1.46. The van der Waals surface area contributed by atoms with Crippen molar-refractivity contribution in [1.82, 2.24) is 0 Å². The van der Waals surface area contributed by atoms with E-state index in [2.05, 4.69) is 19.9 Å². The molecule has 0 aromatic carbocycles. The monoisotopic (exact) mass is 414 g/mol. The highest BCUT2D eigenvalue weighted by Gasteiger charge is 2.64. The van der Waals surface area contributed by atoms with Gasteiger partial charge in [0, 0.05) is 17.3 Å². The summed E-state index contributed by atoms with van der Waals surface area (Å²) in [5.74, 6) is 0.926. The molecule has 0 amide bonds. The molecule has 1 unspecified atom stereocenters. The van der Waals surface area contributed by atoms with E-state index in [9.17, 15) is 14.4 Å². The van der Waals surface area contributed by atoms with E-state index in [4.69, 9.17) is 9.47 Å². The van der Waals surface area contributed by atoms with E-state index in [0.717, 1.165) is 32.1 Å². The van der Waals surface area contributed by atoms with E-state index in [1.54, 1.807) is 13.0 Å². The van der Waals surface area contributed by atoms with Crippen molar-refractivity contribution in [3.63, 3.8) is 0 Å². The van der Waals surface area contributed by atoms with Crippen LogP contribution in [0.1, 0.15) is 59.3 Å². The Kier molecular flexibility index (Phi) is 5.44. The Hall–Kier alpha value is -1.91. The minimum absolute atomic E-state index is 0.0876. The molecule has 5 nitrogen and oxygen atoms in total. The van der Waals surface area contributed by atoms with E-state index in [-0.39, 0.29) is 40.4 Å². The fourth-order valence-electron chi connectivity index (χ4n) is 7.52. The summed E-state index contributed by atoms with van der Waals surface area (Å²) in [5.41, 5.74) is 0.830. The lowest BCUT2D eigenvalue weighted by Gasteiger charge is -2.57. The molecule has 0 spiro atoms. The zero-order chi connectivity index (χ0) is 21.7. The van der Waals surface area contributed by atoms with Crippen LogP contribution in [-0.2, 0) is 23.9 Å². The van der Waals surface area contributed by atoms with Crippen LogP contribution in [0.3, 0.4) is 0 Å². The molecular weight excluding hydrogens is 380 g/mol. The summed E-state index contributed by atoms with van der Waals surface area (Å²) < 4.78 is 10.9. The van der Waals surface area contributed by atoms with Gasteiger partial charge in [0.25, 0.3) is 0 Å². The molecule has 0 bridgehead atoms. The Morgan fingerprint density at radius 3 is 2.70 bits per heavy atom. The molecule has 0 N–H and O–H groups in total. The summed E-state index contributed by atoms with van der Waals surface area (Å²) >= 11 is 0. The van der Waals surface area contributed by atoms with Crippen LogP contribution in [-0.4, -0.2) is 31.4 Å². The molecule has 0 heterocycles. The summed E-state index contributed by atoms with van der Waals surface area (Å²) in [6.45, 7) is 6.54. The van der Waals surface area contributed by atoms with Gasteiger partial charge in [-0.1, -0.05) is 32.4 Å². The zero-order valence-corrected chi connectivity index (χ0v) is 18.6. The molecule has 7 atom stereocenters. The lowest BCUT2D eigenvalue weighted by atomic mass is 9.47. The molecule has 0 aromatic heterocycles. The highest BCUT2D eigenvalue weighted by Crippen LogP contribution is 2.67. The number of esters is 2. The quantitative estimate of drug-likeness (QED) is 0.643. The van der Waals surface area contributed by atoms with Gasteiger partial charge in [0.1, 0.15) is 0 Å². The van der Waals surface area contributed by atoms with Gasteiger partial charge in [-0.3, -0.25) is 14.4 Å². The molecule has 4 aliphatic rings. The van der Waals surface area contributed by atoms with Gasteiger partial charge in [-0.25, -0.2) is 0 Å². The third-order valence-corrected chi connectivity index (χ3v) is 8.87. The van der Waals surface area contributed by atoms with Gasteiger partial charge < -0.3 is 9.47 Å². The van der Waals surface area contributed by atoms with Crippen LogP contribution < -0.4 is 0 Å². The van der Waals surface area contributed by atoms with Crippen molar-refractivity contribution in [2.45, 2.75) is 59.3 Å². The van der Waals surface area contributed by atoms with Crippen LogP contribution in [0.25, 0.3) is 0 Å². The number of ketones is 1. The van der Waals surface area contributed by atoms with Gasteiger partial charge >= 0.3 is 11.9 Å². The molecule has 3 fully saturated rings. The SMILES string of the molecule is CCC(=O)OC[C@]12CC[C@H]3[C@@H](CCC4=CC(=O)C=C[C@@]43C)[C@@H]1C[C@@H](C)C2C(=O)OC.